The minimum atomic E-state index is -0.511. The van der Waals surface area contributed by atoms with Gasteiger partial charge >= 0.3 is 11.9 Å². The van der Waals surface area contributed by atoms with Crippen LogP contribution in [-0.4, -0.2) is 50.3 Å². The second-order valence-corrected chi connectivity index (χ2v) is 6.01. The van der Waals surface area contributed by atoms with Crippen molar-refractivity contribution in [3.63, 3.8) is 0 Å². The fourth-order valence-corrected chi connectivity index (χ4v) is 2.30. The van der Waals surface area contributed by atoms with Crippen LogP contribution in [-0.2, 0) is 19.1 Å². The predicted octanol–water partition coefficient (Wildman–Crippen LogP) is 1.61. The topological polar surface area (TPSA) is 106 Å². The summed E-state index contributed by atoms with van der Waals surface area (Å²) in [6.07, 6.45) is 3.00. The van der Waals surface area contributed by atoms with E-state index in [1.807, 2.05) is 0 Å². The molecular formula is C18H25N3O5S. The summed E-state index contributed by atoms with van der Waals surface area (Å²) in [4.78, 5) is 33.9. The zero-order valence-corrected chi connectivity index (χ0v) is 16.3. The van der Waals surface area contributed by atoms with Gasteiger partial charge in [0.15, 0.2) is 5.11 Å². The molecular weight excluding hydrogens is 370 g/mol. The number of rotatable bonds is 10. The smallest absolute Gasteiger partial charge is 0.325 e. The number of esters is 2. The summed E-state index contributed by atoms with van der Waals surface area (Å²) in [5.74, 6) is -1.06. The molecule has 0 aliphatic carbocycles. The molecule has 0 saturated heterocycles. The van der Waals surface area contributed by atoms with Gasteiger partial charge in [-0.1, -0.05) is 6.42 Å². The van der Waals surface area contributed by atoms with Gasteiger partial charge in [-0.2, -0.15) is 0 Å². The van der Waals surface area contributed by atoms with Crippen LogP contribution in [0.2, 0.25) is 0 Å². The summed E-state index contributed by atoms with van der Waals surface area (Å²) in [5.41, 5.74) is 1.16. The number of ether oxygens (including phenoxy) is 2. The van der Waals surface area contributed by atoms with Gasteiger partial charge < -0.3 is 25.4 Å². The van der Waals surface area contributed by atoms with Crippen molar-refractivity contribution in [2.45, 2.75) is 25.7 Å². The molecule has 0 heterocycles. The summed E-state index contributed by atoms with van der Waals surface area (Å²) in [5, 5.41) is 9.05. The highest BCUT2D eigenvalue weighted by Gasteiger charge is 2.08. The van der Waals surface area contributed by atoms with Crippen LogP contribution >= 0.6 is 12.2 Å². The van der Waals surface area contributed by atoms with E-state index in [1.165, 1.54) is 14.2 Å². The lowest BCUT2D eigenvalue weighted by Crippen LogP contribution is -2.30. The first kappa shape index (κ1) is 22.4. The Morgan fingerprint density at radius 3 is 2.22 bits per heavy atom. The molecule has 3 N–H and O–H groups in total. The van der Waals surface area contributed by atoms with Crippen molar-refractivity contribution in [1.82, 2.24) is 10.6 Å². The number of benzene rings is 1. The largest absolute Gasteiger partial charge is 0.469 e. The average Bonchev–Trinajstić information content (AvgIpc) is 2.68. The third-order valence-electron chi connectivity index (χ3n) is 3.60. The number of carbonyl (C=O) groups is 3. The molecule has 0 aromatic heterocycles. The average molecular weight is 395 g/mol. The molecule has 0 aliphatic rings. The number of thiocarbonyl (C=S) groups is 1. The fraction of sp³-hybridized carbons (Fsp3) is 0.444. The molecule has 0 unspecified atom stereocenters. The lowest BCUT2D eigenvalue weighted by Gasteiger charge is -2.11. The lowest BCUT2D eigenvalue weighted by atomic mass is 10.2. The Kier molecular flexibility index (Phi) is 10.5. The van der Waals surface area contributed by atoms with Gasteiger partial charge in [-0.3, -0.25) is 14.4 Å². The summed E-state index contributed by atoms with van der Waals surface area (Å²) in [6, 6.07) is 6.70. The van der Waals surface area contributed by atoms with E-state index < -0.39 is 5.97 Å². The van der Waals surface area contributed by atoms with Gasteiger partial charge in [0.1, 0.15) is 6.54 Å². The maximum absolute atomic E-state index is 11.9. The van der Waals surface area contributed by atoms with Crippen LogP contribution in [0.15, 0.2) is 24.3 Å². The van der Waals surface area contributed by atoms with Crippen LogP contribution in [0.3, 0.4) is 0 Å². The Morgan fingerprint density at radius 2 is 1.59 bits per heavy atom. The Bertz CT molecular complexity index is 649. The second kappa shape index (κ2) is 12.6. The number of hydrogen-bond donors (Lipinski definition) is 3. The van der Waals surface area contributed by atoms with Gasteiger partial charge in [-0.25, -0.2) is 0 Å². The molecule has 0 bridgehead atoms. The SMILES string of the molecule is COC(=O)CCCCCNC(=S)Nc1ccc(C(=O)NCC(=O)OC)cc1. The predicted molar refractivity (Wildman–Crippen MR) is 105 cm³/mol. The van der Waals surface area contributed by atoms with Crippen molar-refractivity contribution in [2.24, 2.45) is 0 Å². The number of unbranched alkanes of at least 4 members (excludes halogenated alkanes) is 2. The first-order valence-electron chi connectivity index (χ1n) is 8.53. The highest BCUT2D eigenvalue weighted by molar-refractivity contribution is 7.80. The number of anilines is 1. The third kappa shape index (κ3) is 9.55. The third-order valence-corrected chi connectivity index (χ3v) is 3.84. The standard InChI is InChI=1S/C18H25N3O5S/c1-25-15(22)6-4-3-5-11-19-18(27)21-14-9-7-13(8-10-14)17(24)20-12-16(23)26-2/h7-10H,3-6,11-12H2,1-2H3,(H,20,24)(H2,19,21,27). The first-order valence-corrected chi connectivity index (χ1v) is 8.94. The number of methoxy groups -OCH3 is 2. The Labute approximate surface area is 164 Å². The van der Waals surface area contributed by atoms with Crippen LogP contribution in [0.4, 0.5) is 5.69 Å². The van der Waals surface area contributed by atoms with Gasteiger partial charge in [0.2, 0.25) is 0 Å². The van der Waals surface area contributed by atoms with Crippen LogP contribution in [0, 0.1) is 0 Å². The molecule has 0 spiro atoms. The lowest BCUT2D eigenvalue weighted by molar-refractivity contribution is -0.141. The van der Waals surface area contributed by atoms with Crippen LogP contribution in [0.5, 0.6) is 0 Å². The maximum Gasteiger partial charge on any atom is 0.325 e. The Balaban J connectivity index is 2.27. The highest BCUT2D eigenvalue weighted by atomic mass is 32.1. The molecule has 8 nitrogen and oxygen atoms in total. The molecule has 1 amide bonds. The van der Waals surface area contributed by atoms with E-state index in [0.29, 0.717) is 23.6 Å². The molecule has 1 aromatic rings. The molecule has 0 saturated carbocycles. The number of nitrogens with one attached hydrogen (secondary N) is 3. The quantitative estimate of drug-likeness (QED) is 0.312. The first-order chi connectivity index (χ1) is 13.0. The summed E-state index contributed by atoms with van der Waals surface area (Å²) >= 11 is 5.22. The van der Waals surface area contributed by atoms with Crippen molar-refractivity contribution in [3.05, 3.63) is 29.8 Å². The van der Waals surface area contributed by atoms with E-state index in [4.69, 9.17) is 12.2 Å². The molecule has 9 heteroatoms. The van der Waals surface area contributed by atoms with Gasteiger partial charge in [0.05, 0.1) is 14.2 Å². The van der Waals surface area contributed by atoms with Crippen molar-refractivity contribution < 1.29 is 23.9 Å². The summed E-state index contributed by atoms with van der Waals surface area (Å²) in [7, 11) is 2.64. The molecule has 148 valence electrons. The molecule has 0 atom stereocenters. The van der Waals surface area contributed by atoms with Crippen molar-refractivity contribution in [1.29, 1.82) is 0 Å². The number of carbonyl (C=O) groups excluding carboxylic acids is 3. The van der Waals surface area contributed by atoms with E-state index in [-0.39, 0.29) is 18.4 Å². The van der Waals surface area contributed by atoms with Gasteiger partial charge in [0.25, 0.3) is 5.91 Å². The highest BCUT2D eigenvalue weighted by Crippen LogP contribution is 2.09. The summed E-state index contributed by atoms with van der Waals surface area (Å²) in [6.45, 7) is 0.518. The normalized spacial score (nSPS) is 9.85. The van der Waals surface area contributed by atoms with Crippen LogP contribution in [0.1, 0.15) is 36.0 Å². The molecule has 1 rings (SSSR count). The second-order valence-electron chi connectivity index (χ2n) is 5.60. The van der Waals surface area contributed by atoms with Gasteiger partial charge in [-0.15, -0.1) is 0 Å². The molecule has 0 fully saturated rings. The zero-order chi connectivity index (χ0) is 20.1. The van der Waals surface area contributed by atoms with Crippen LogP contribution < -0.4 is 16.0 Å². The fourth-order valence-electron chi connectivity index (χ4n) is 2.08. The zero-order valence-electron chi connectivity index (χ0n) is 15.5. The molecule has 0 aliphatic heterocycles. The Hall–Kier alpha value is -2.68. The van der Waals surface area contributed by atoms with Gasteiger partial charge in [-0.05, 0) is 49.3 Å². The monoisotopic (exact) mass is 395 g/mol. The minimum absolute atomic E-state index is 0.178. The number of hydrogen-bond acceptors (Lipinski definition) is 6. The maximum atomic E-state index is 11.9. The van der Waals surface area contributed by atoms with Gasteiger partial charge in [0, 0.05) is 24.2 Å². The van der Waals surface area contributed by atoms with E-state index in [1.54, 1.807) is 24.3 Å². The molecule has 0 radical (unpaired) electrons. The minimum Gasteiger partial charge on any atom is -0.469 e. The Morgan fingerprint density at radius 1 is 0.926 bits per heavy atom. The van der Waals surface area contributed by atoms with E-state index in [9.17, 15) is 14.4 Å². The van der Waals surface area contributed by atoms with Crippen molar-refractivity contribution >= 4 is 40.9 Å². The molecule has 1 aromatic carbocycles. The van der Waals surface area contributed by atoms with Crippen molar-refractivity contribution in [3.8, 4) is 0 Å². The summed E-state index contributed by atoms with van der Waals surface area (Å²) < 4.78 is 9.05. The van der Waals surface area contributed by atoms with Crippen LogP contribution in [0.25, 0.3) is 0 Å². The van der Waals surface area contributed by atoms with E-state index >= 15 is 0 Å². The van der Waals surface area contributed by atoms with E-state index in [0.717, 1.165) is 24.9 Å². The van der Waals surface area contributed by atoms with E-state index in [2.05, 4.69) is 25.4 Å². The van der Waals surface area contributed by atoms with Crippen molar-refractivity contribution in [2.75, 3.05) is 32.6 Å². The number of amides is 1. The molecule has 27 heavy (non-hydrogen) atoms.